The Hall–Kier alpha value is -10.6. The highest BCUT2D eigenvalue weighted by Gasteiger charge is 2.24. The molecule has 0 radical (unpaired) electrons. The van der Waals surface area contributed by atoms with Crippen molar-refractivity contribution in [1.29, 1.82) is 21.0 Å². The fraction of sp³-hybridized carbons (Fsp3) is 0. The van der Waals surface area contributed by atoms with Crippen molar-refractivity contribution in [3.05, 3.63) is 229 Å². The standard InChI is InChI=1S/C64H34N8/c65-35-41-29-43(37-67)63(33-61(41)69-53-19-7-1-13-45(53)46-14-2-8-20-54(46)69)71-57-23-11-5-17-49(57)51-31-39(25-27-59(51)71)40-26-28-60-52(32-40)50-18-6-12-24-58(50)72(60)64-34-62(42(36-66)30-44(64)38-68)70-55-21-9-3-15-47(55)48-16-4-10-22-56(48)70/h1-34H. The highest BCUT2D eigenvalue weighted by atomic mass is 15.0. The zero-order valence-corrected chi connectivity index (χ0v) is 38.2. The smallest absolute Gasteiger partial charge is 0.101 e. The second kappa shape index (κ2) is 15.4. The monoisotopic (exact) mass is 914 g/mol. The minimum absolute atomic E-state index is 0.397. The number of nitrogens with zero attached hydrogens (tertiary/aromatic N) is 8. The Labute approximate surface area is 411 Å². The van der Waals surface area contributed by atoms with Gasteiger partial charge in [-0.1, -0.05) is 121 Å². The summed E-state index contributed by atoms with van der Waals surface area (Å²) >= 11 is 0. The van der Waals surface area contributed by atoms with Crippen LogP contribution in [0.4, 0.5) is 0 Å². The van der Waals surface area contributed by atoms with Gasteiger partial charge in [0.2, 0.25) is 0 Å². The van der Waals surface area contributed by atoms with E-state index < -0.39 is 0 Å². The van der Waals surface area contributed by atoms with E-state index in [2.05, 4.69) is 152 Å². The summed E-state index contributed by atoms with van der Waals surface area (Å²) in [7, 11) is 0. The van der Waals surface area contributed by atoms with Gasteiger partial charge in [0.1, 0.15) is 24.3 Å². The summed E-state index contributed by atoms with van der Waals surface area (Å²) in [6.07, 6.45) is 0. The van der Waals surface area contributed by atoms with Crippen molar-refractivity contribution in [1.82, 2.24) is 18.3 Å². The van der Waals surface area contributed by atoms with Crippen molar-refractivity contribution >= 4 is 87.2 Å². The lowest BCUT2D eigenvalue weighted by Crippen LogP contribution is -2.04. The Balaban J connectivity index is 0.952. The molecular formula is C64H34N8. The van der Waals surface area contributed by atoms with Crippen LogP contribution < -0.4 is 0 Å². The molecule has 8 nitrogen and oxygen atoms in total. The van der Waals surface area contributed by atoms with Crippen LogP contribution in [0, 0.1) is 45.3 Å². The molecule has 330 valence electrons. The summed E-state index contributed by atoms with van der Waals surface area (Å²) in [5.74, 6) is 0. The molecule has 72 heavy (non-hydrogen) atoms. The maximum atomic E-state index is 10.8. The third kappa shape index (κ3) is 5.64. The van der Waals surface area contributed by atoms with E-state index in [1.165, 1.54) is 0 Å². The van der Waals surface area contributed by atoms with Crippen LogP contribution in [0.1, 0.15) is 22.3 Å². The van der Waals surface area contributed by atoms with Crippen LogP contribution in [0.3, 0.4) is 0 Å². The van der Waals surface area contributed by atoms with Crippen molar-refractivity contribution in [3.8, 4) is 58.2 Å². The van der Waals surface area contributed by atoms with Crippen molar-refractivity contribution < 1.29 is 0 Å². The predicted octanol–water partition coefficient (Wildman–Crippen LogP) is 15.2. The maximum absolute atomic E-state index is 10.8. The molecule has 0 unspecified atom stereocenters. The number of nitriles is 4. The van der Waals surface area contributed by atoms with Crippen LogP contribution in [-0.2, 0) is 0 Å². The quantitative estimate of drug-likeness (QED) is 0.171. The highest BCUT2D eigenvalue weighted by Crippen LogP contribution is 2.42. The Kier molecular flexibility index (Phi) is 8.67. The Bertz CT molecular complexity index is 4460. The van der Waals surface area contributed by atoms with Gasteiger partial charge in [-0.05, 0) is 96.1 Å². The van der Waals surface area contributed by atoms with Gasteiger partial charge in [0.15, 0.2) is 0 Å². The summed E-state index contributed by atoms with van der Waals surface area (Å²) in [6, 6.07) is 79.5. The van der Waals surface area contributed by atoms with Crippen molar-refractivity contribution in [3.63, 3.8) is 0 Å². The molecule has 10 aromatic carbocycles. The molecule has 0 fully saturated rings. The fourth-order valence-electron chi connectivity index (χ4n) is 11.4. The largest absolute Gasteiger partial charge is 0.308 e. The van der Waals surface area contributed by atoms with Gasteiger partial charge in [0.05, 0.1) is 89.1 Å². The minimum Gasteiger partial charge on any atom is -0.308 e. The zero-order chi connectivity index (χ0) is 48.2. The first-order chi connectivity index (χ1) is 35.6. The third-order valence-electron chi connectivity index (χ3n) is 14.5. The summed E-state index contributed by atoms with van der Waals surface area (Å²) < 4.78 is 8.58. The molecule has 0 saturated heterocycles. The van der Waals surface area contributed by atoms with E-state index in [-0.39, 0.29) is 0 Å². The Morgan fingerprint density at radius 2 is 0.444 bits per heavy atom. The molecular weight excluding hydrogens is 881 g/mol. The molecule has 0 atom stereocenters. The van der Waals surface area contributed by atoms with E-state index in [0.717, 1.165) is 98.4 Å². The number of para-hydroxylation sites is 6. The van der Waals surface area contributed by atoms with Gasteiger partial charge in [-0.3, -0.25) is 0 Å². The van der Waals surface area contributed by atoms with E-state index in [9.17, 15) is 21.0 Å². The molecule has 0 aliphatic rings. The van der Waals surface area contributed by atoms with Crippen LogP contribution in [-0.4, -0.2) is 18.3 Å². The summed E-state index contributed by atoms with van der Waals surface area (Å²) in [6.45, 7) is 0. The van der Waals surface area contributed by atoms with Gasteiger partial charge < -0.3 is 18.3 Å². The molecule has 8 heteroatoms. The topological polar surface area (TPSA) is 115 Å². The molecule has 0 saturated carbocycles. The van der Waals surface area contributed by atoms with Gasteiger partial charge in [0, 0.05) is 43.1 Å². The lowest BCUT2D eigenvalue weighted by molar-refractivity contribution is 1.12. The van der Waals surface area contributed by atoms with Crippen LogP contribution in [0.5, 0.6) is 0 Å². The van der Waals surface area contributed by atoms with E-state index in [1.54, 1.807) is 12.1 Å². The average Bonchev–Trinajstić information content (AvgIpc) is 4.17. The SMILES string of the molecule is N#Cc1cc(C#N)c(-n2c3ccccc3c3cc(-c4ccc5c(c4)c4ccccc4n5-c4cc(-n5c6ccccc6c6ccccc65)c(C#N)cc4C#N)ccc32)cc1-n1c2ccccc2c2ccccc21. The number of benzene rings is 10. The highest BCUT2D eigenvalue weighted by molar-refractivity contribution is 6.14. The van der Waals surface area contributed by atoms with Crippen LogP contribution >= 0.6 is 0 Å². The molecule has 0 bridgehead atoms. The number of rotatable bonds is 5. The van der Waals surface area contributed by atoms with Gasteiger partial charge >= 0.3 is 0 Å². The summed E-state index contributed by atoms with van der Waals surface area (Å²) in [5, 5.41) is 51.2. The second-order valence-corrected chi connectivity index (χ2v) is 18.1. The number of hydrogen-bond donors (Lipinski definition) is 0. The van der Waals surface area contributed by atoms with E-state index in [1.807, 2.05) is 84.9 Å². The maximum Gasteiger partial charge on any atom is 0.101 e. The van der Waals surface area contributed by atoms with Gasteiger partial charge in [-0.2, -0.15) is 21.0 Å². The molecule has 0 aliphatic carbocycles. The van der Waals surface area contributed by atoms with Gasteiger partial charge in [0.25, 0.3) is 0 Å². The van der Waals surface area contributed by atoms with Crippen LogP contribution in [0.15, 0.2) is 206 Å². The second-order valence-electron chi connectivity index (χ2n) is 18.1. The van der Waals surface area contributed by atoms with Crippen molar-refractivity contribution in [2.45, 2.75) is 0 Å². The third-order valence-corrected chi connectivity index (χ3v) is 14.5. The van der Waals surface area contributed by atoms with Gasteiger partial charge in [-0.15, -0.1) is 0 Å². The number of hydrogen-bond acceptors (Lipinski definition) is 4. The minimum atomic E-state index is 0.397. The van der Waals surface area contributed by atoms with Crippen molar-refractivity contribution in [2.24, 2.45) is 0 Å². The molecule has 0 amide bonds. The number of aromatic nitrogens is 4. The first-order valence-electron chi connectivity index (χ1n) is 23.6. The van der Waals surface area contributed by atoms with Crippen molar-refractivity contribution in [2.75, 3.05) is 0 Å². The molecule has 14 aromatic rings. The van der Waals surface area contributed by atoms with E-state index in [4.69, 9.17) is 0 Å². The first kappa shape index (κ1) is 40.4. The molecule has 0 N–H and O–H groups in total. The van der Waals surface area contributed by atoms with Crippen LogP contribution in [0.25, 0.3) is 121 Å². The Morgan fingerprint density at radius 3 is 0.694 bits per heavy atom. The normalized spacial score (nSPS) is 11.6. The molecule has 4 aromatic heterocycles. The molecule has 14 rings (SSSR count). The van der Waals surface area contributed by atoms with Crippen LogP contribution in [0.2, 0.25) is 0 Å². The zero-order valence-electron chi connectivity index (χ0n) is 38.2. The molecule has 4 heterocycles. The fourth-order valence-corrected chi connectivity index (χ4v) is 11.4. The molecule has 0 aliphatic heterocycles. The van der Waals surface area contributed by atoms with E-state index >= 15 is 0 Å². The van der Waals surface area contributed by atoms with Gasteiger partial charge in [-0.25, -0.2) is 0 Å². The predicted molar refractivity (Wildman–Crippen MR) is 288 cm³/mol. The number of fused-ring (bicyclic) bond motifs is 12. The molecule has 0 spiro atoms. The first-order valence-corrected chi connectivity index (χ1v) is 23.6. The Morgan fingerprint density at radius 1 is 0.222 bits per heavy atom. The lowest BCUT2D eigenvalue weighted by Gasteiger charge is -2.16. The van der Waals surface area contributed by atoms with E-state index in [0.29, 0.717) is 45.0 Å². The average molecular weight is 915 g/mol. The lowest BCUT2D eigenvalue weighted by atomic mass is 10.0. The summed E-state index contributed by atoms with van der Waals surface area (Å²) in [4.78, 5) is 0. The summed E-state index contributed by atoms with van der Waals surface area (Å²) in [5.41, 5.74) is 14.0.